The highest BCUT2D eigenvalue weighted by Gasteiger charge is 2.16. The number of nitrogens with two attached hydrogens (primary N) is 1. The van der Waals surface area contributed by atoms with Crippen molar-refractivity contribution in [3.8, 4) is 0 Å². The van der Waals surface area contributed by atoms with Crippen LogP contribution in [0.4, 0.5) is 0 Å². The van der Waals surface area contributed by atoms with Gasteiger partial charge in [-0.2, -0.15) is 0 Å². The molecule has 3 N–H and O–H groups in total. The maximum absolute atomic E-state index is 9.81. The molecular weight excluding hydrogens is 129 g/mol. The summed E-state index contributed by atoms with van der Waals surface area (Å²) < 4.78 is 14.1. The summed E-state index contributed by atoms with van der Waals surface area (Å²) in [6.07, 6.45) is -0.0645. The first-order chi connectivity index (χ1) is 3.66. The fourth-order valence-electron chi connectivity index (χ4n) is 0.190. The lowest BCUT2D eigenvalue weighted by molar-refractivity contribution is 0.191. The van der Waals surface area contributed by atoms with Gasteiger partial charge < -0.3 is 5.73 Å². The van der Waals surface area contributed by atoms with Crippen LogP contribution in [-0.2, 0) is 9.09 Å². The molecule has 0 saturated heterocycles. The van der Waals surface area contributed by atoms with Crippen molar-refractivity contribution in [1.82, 2.24) is 0 Å². The first-order valence-corrected chi connectivity index (χ1v) is 3.38. The summed E-state index contributed by atoms with van der Waals surface area (Å²) in [4.78, 5) is 8.06. The van der Waals surface area contributed by atoms with Crippen LogP contribution in [0.2, 0.25) is 0 Å². The van der Waals surface area contributed by atoms with E-state index < -0.39 is 14.5 Å². The van der Waals surface area contributed by atoms with E-state index >= 15 is 0 Å². The van der Waals surface area contributed by atoms with Gasteiger partial charge in [0.25, 0.3) is 0 Å². The number of rotatable bonds is 3. The highest BCUT2D eigenvalue weighted by Crippen LogP contribution is 2.16. The predicted molar refractivity (Wildman–Crippen MR) is 29.2 cm³/mol. The van der Waals surface area contributed by atoms with Crippen LogP contribution in [0.15, 0.2) is 0 Å². The summed E-state index contributed by atoms with van der Waals surface area (Å²) in [5, 5.41) is 0. The van der Waals surface area contributed by atoms with E-state index in [0.717, 1.165) is 0 Å². The van der Waals surface area contributed by atoms with Crippen molar-refractivity contribution in [2.24, 2.45) is 5.73 Å². The Morgan fingerprint density at radius 1 is 2.00 bits per heavy atom. The average Bonchev–Trinajstić information content (AvgIpc) is 1.65. The van der Waals surface area contributed by atoms with Crippen molar-refractivity contribution < 1.29 is 14.0 Å². The van der Waals surface area contributed by atoms with Crippen LogP contribution >= 0.6 is 8.25 Å². The van der Waals surface area contributed by atoms with Gasteiger partial charge in [0.2, 0.25) is 0 Å². The van der Waals surface area contributed by atoms with Crippen LogP contribution in [0.1, 0.15) is 13.3 Å². The minimum absolute atomic E-state index is 0.543. The predicted octanol–water partition coefficient (Wildman–Crippen LogP) is 0.347. The molecule has 48 valence electrons. The Morgan fingerprint density at radius 2 is 2.50 bits per heavy atom. The third kappa shape index (κ3) is 4.15. The SMILES string of the molecule is CCC(N)O[P+](=O)O. The van der Waals surface area contributed by atoms with Crippen LogP contribution in [0.25, 0.3) is 0 Å². The minimum Gasteiger partial charge on any atom is -0.302 e. The van der Waals surface area contributed by atoms with E-state index in [-0.39, 0.29) is 0 Å². The zero-order valence-corrected chi connectivity index (χ0v) is 5.47. The van der Waals surface area contributed by atoms with Crippen molar-refractivity contribution in [3.05, 3.63) is 0 Å². The Labute approximate surface area is 48.6 Å². The third-order valence-electron chi connectivity index (χ3n) is 0.628. The Hall–Kier alpha value is -0.0200. The van der Waals surface area contributed by atoms with Crippen LogP contribution in [-0.4, -0.2) is 11.1 Å². The monoisotopic (exact) mass is 138 g/mol. The van der Waals surface area contributed by atoms with Crippen molar-refractivity contribution in [3.63, 3.8) is 0 Å². The van der Waals surface area contributed by atoms with E-state index in [9.17, 15) is 4.57 Å². The third-order valence-corrected chi connectivity index (χ3v) is 1.08. The molecule has 0 amide bonds. The van der Waals surface area contributed by atoms with E-state index in [1.807, 2.05) is 0 Å². The van der Waals surface area contributed by atoms with Gasteiger partial charge in [-0.3, -0.25) is 0 Å². The van der Waals surface area contributed by atoms with E-state index in [1.54, 1.807) is 6.92 Å². The minimum atomic E-state index is -2.52. The summed E-state index contributed by atoms with van der Waals surface area (Å²) in [7, 11) is -2.52. The largest absolute Gasteiger partial charge is 0.696 e. The molecule has 0 aliphatic carbocycles. The molecule has 0 rings (SSSR count). The van der Waals surface area contributed by atoms with Gasteiger partial charge in [0.05, 0.1) is 0 Å². The normalized spacial score (nSPS) is 15.6. The molecule has 0 radical (unpaired) electrons. The number of hydrogen-bond acceptors (Lipinski definition) is 3. The molecule has 8 heavy (non-hydrogen) atoms. The first-order valence-electron chi connectivity index (χ1n) is 2.25. The van der Waals surface area contributed by atoms with Gasteiger partial charge in [-0.25, -0.2) is 0 Å². The summed E-state index contributed by atoms with van der Waals surface area (Å²) in [5.74, 6) is 0. The fourth-order valence-corrected chi connectivity index (χ4v) is 0.571. The molecule has 0 fully saturated rings. The second kappa shape index (κ2) is 3.92. The zero-order valence-electron chi connectivity index (χ0n) is 4.57. The quantitative estimate of drug-likeness (QED) is 0.436. The van der Waals surface area contributed by atoms with Gasteiger partial charge in [-0.1, -0.05) is 6.92 Å². The highest BCUT2D eigenvalue weighted by atomic mass is 31.1. The molecule has 5 heteroatoms. The highest BCUT2D eigenvalue weighted by molar-refractivity contribution is 7.32. The molecule has 0 saturated carbocycles. The molecule has 0 aromatic rings. The second-order valence-corrected chi connectivity index (χ2v) is 1.98. The second-order valence-electron chi connectivity index (χ2n) is 1.29. The van der Waals surface area contributed by atoms with Gasteiger partial charge in [-0.15, -0.1) is 9.42 Å². The Morgan fingerprint density at radius 3 is 2.62 bits per heavy atom. The molecule has 0 bridgehead atoms. The van der Waals surface area contributed by atoms with E-state index in [0.29, 0.717) is 6.42 Å². The zero-order chi connectivity index (χ0) is 6.57. The maximum Gasteiger partial charge on any atom is 0.696 e. The first kappa shape index (κ1) is 7.98. The topological polar surface area (TPSA) is 72.5 Å². The molecule has 2 unspecified atom stereocenters. The van der Waals surface area contributed by atoms with E-state index in [1.165, 1.54) is 0 Å². The number of hydrogen-bond donors (Lipinski definition) is 2. The molecule has 2 atom stereocenters. The molecule has 0 heterocycles. The summed E-state index contributed by atoms with van der Waals surface area (Å²) in [6, 6.07) is 0. The Balaban J connectivity index is 3.24. The maximum atomic E-state index is 9.81. The van der Waals surface area contributed by atoms with E-state index in [2.05, 4.69) is 4.52 Å². The Bertz CT molecular complexity index is 86.6. The molecule has 0 aliphatic rings. The van der Waals surface area contributed by atoms with Crippen LogP contribution < -0.4 is 5.73 Å². The van der Waals surface area contributed by atoms with Crippen molar-refractivity contribution in [2.45, 2.75) is 19.6 Å². The molecule has 4 nitrogen and oxygen atoms in total. The van der Waals surface area contributed by atoms with Crippen molar-refractivity contribution >= 4 is 8.25 Å². The summed E-state index contributed by atoms with van der Waals surface area (Å²) >= 11 is 0. The standard InChI is InChI=1S/C3H8NO3P/c1-2-3(4)7-8(5)6/h3H,2,4H2,1H3/p+1. The van der Waals surface area contributed by atoms with Crippen molar-refractivity contribution in [1.29, 1.82) is 0 Å². The van der Waals surface area contributed by atoms with E-state index in [4.69, 9.17) is 10.6 Å². The van der Waals surface area contributed by atoms with Crippen LogP contribution in [0, 0.1) is 0 Å². The van der Waals surface area contributed by atoms with Crippen LogP contribution in [0.3, 0.4) is 0 Å². The fraction of sp³-hybridized carbons (Fsp3) is 1.00. The lowest BCUT2D eigenvalue weighted by Gasteiger charge is -1.94. The van der Waals surface area contributed by atoms with Gasteiger partial charge >= 0.3 is 8.25 Å². The molecule has 0 aromatic carbocycles. The summed E-state index contributed by atoms with van der Waals surface area (Å²) in [6.45, 7) is 1.77. The average molecular weight is 138 g/mol. The molecular formula is C3H9NO3P+. The molecule has 0 spiro atoms. The summed E-state index contributed by atoms with van der Waals surface area (Å²) in [5.41, 5.74) is 5.11. The van der Waals surface area contributed by atoms with Crippen LogP contribution in [0.5, 0.6) is 0 Å². The van der Waals surface area contributed by atoms with Crippen molar-refractivity contribution in [2.75, 3.05) is 0 Å². The lowest BCUT2D eigenvalue weighted by atomic mass is 10.5. The lowest BCUT2D eigenvalue weighted by Crippen LogP contribution is -2.18. The Kier molecular flexibility index (Phi) is 3.91. The van der Waals surface area contributed by atoms with Gasteiger partial charge in [0.15, 0.2) is 6.23 Å². The van der Waals surface area contributed by atoms with Gasteiger partial charge in [0, 0.05) is 4.57 Å². The smallest absolute Gasteiger partial charge is 0.302 e. The van der Waals surface area contributed by atoms with Gasteiger partial charge in [-0.05, 0) is 6.42 Å². The van der Waals surface area contributed by atoms with Gasteiger partial charge in [0.1, 0.15) is 0 Å². The molecule has 0 aliphatic heterocycles. The molecule has 0 aromatic heterocycles.